The molecule has 18 heavy (non-hydrogen) atoms. The molecule has 0 aliphatic carbocycles. The lowest BCUT2D eigenvalue weighted by molar-refractivity contribution is -0.118. The van der Waals surface area contributed by atoms with E-state index in [-0.39, 0.29) is 24.4 Å². The van der Waals surface area contributed by atoms with Gasteiger partial charge in [0.05, 0.1) is 16.8 Å². The number of amides is 1. The number of nitrogens with one attached hydrogen (secondary N) is 2. The Hall–Kier alpha value is -0.770. The highest BCUT2D eigenvalue weighted by Gasteiger charge is 2.20. The number of aryl methyl sites for hydroxylation is 1. The number of hydrogen-bond acceptors (Lipinski definition) is 2. The topological polar surface area (TPSA) is 41.1 Å². The van der Waals surface area contributed by atoms with Gasteiger partial charge in [-0.25, -0.2) is 0 Å². The number of rotatable bonds is 2. The Morgan fingerprint density at radius 1 is 1.44 bits per heavy atom. The summed E-state index contributed by atoms with van der Waals surface area (Å²) in [5.74, 6) is 0.00968. The number of carbonyl (C=O) groups is 1. The summed E-state index contributed by atoms with van der Waals surface area (Å²) in [6.45, 7) is 2.89. The molecule has 1 aliphatic heterocycles. The van der Waals surface area contributed by atoms with Crippen LogP contribution in [0.2, 0.25) is 5.02 Å². The molecule has 1 saturated heterocycles. The second-order valence-electron chi connectivity index (χ2n) is 4.48. The molecular weight excluding hydrogens is 271 g/mol. The van der Waals surface area contributed by atoms with Gasteiger partial charge in [-0.1, -0.05) is 24.1 Å². The fourth-order valence-electron chi connectivity index (χ4n) is 2.02. The van der Waals surface area contributed by atoms with Crippen LogP contribution in [0.15, 0.2) is 18.2 Å². The number of hydrogen-bond donors (Lipinski definition) is 2. The first-order valence-electron chi connectivity index (χ1n) is 5.97. The van der Waals surface area contributed by atoms with Crippen LogP contribution in [0.25, 0.3) is 0 Å². The summed E-state index contributed by atoms with van der Waals surface area (Å²) in [6.07, 6.45) is 3.15. The van der Waals surface area contributed by atoms with Crippen molar-refractivity contribution in [1.82, 2.24) is 5.32 Å². The Balaban J connectivity index is 0.00000162. The average Bonchev–Trinajstić information content (AvgIpc) is 2.34. The Kier molecular flexibility index (Phi) is 5.93. The lowest BCUT2D eigenvalue weighted by atomic mass is 10.0. The Morgan fingerprint density at radius 3 is 2.83 bits per heavy atom. The van der Waals surface area contributed by atoms with Crippen molar-refractivity contribution in [1.29, 1.82) is 0 Å². The summed E-state index contributed by atoms with van der Waals surface area (Å²) in [5.41, 5.74) is 1.78. The van der Waals surface area contributed by atoms with Gasteiger partial charge in [0.1, 0.15) is 0 Å². The second kappa shape index (κ2) is 6.98. The highest BCUT2D eigenvalue weighted by Crippen LogP contribution is 2.23. The molecule has 5 heteroatoms. The molecule has 1 fully saturated rings. The highest BCUT2D eigenvalue weighted by atomic mass is 35.5. The first-order chi connectivity index (χ1) is 8.16. The predicted octanol–water partition coefficient (Wildman–Crippen LogP) is 3.15. The highest BCUT2D eigenvalue weighted by molar-refractivity contribution is 6.33. The molecule has 1 aliphatic rings. The third-order valence-corrected chi connectivity index (χ3v) is 3.32. The number of piperidine rings is 1. The van der Waals surface area contributed by atoms with E-state index in [0.29, 0.717) is 10.7 Å². The maximum absolute atomic E-state index is 12.0. The van der Waals surface area contributed by atoms with Crippen molar-refractivity contribution in [2.24, 2.45) is 0 Å². The van der Waals surface area contributed by atoms with Crippen LogP contribution in [0, 0.1) is 6.92 Å². The summed E-state index contributed by atoms with van der Waals surface area (Å²) in [6, 6.07) is 5.56. The lowest BCUT2D eigenvalue weighted by Gasteiger charge is -2.22. The van der Waals surface area contributed by atoms with E-state index in [4.69, 9.17) is 11.6 Å². The zero-order valence-electron chi connectivity index (χ0n) is 10.3. The van der Waals surface area contributed by atoms with Gasteiger partial charge < -0.3 is 10.6 Å². The number of benzene rings is 1. The molecule has 1 amide bonds. The standard InChI is InChI=1S/C13H17ClN2O.ClH/c1-9-5-6-11(10(14)8-9)16-13(17)12-4-2-3-7-15-12;/h5-6,8,12,15H,2-4,7H2,1H3,(H,16,17);1H/t12-;/m0./s1. The minimum Gasteiger partial charge on any atom is -0.323 e. The number of carbonyl (C=O) groups excluding carboxylic acids is 1. The maximum Gasteiger partial charge on any atom is 0.241 e. The minimum absolute atomic E-state index is 0. The second-order valence-corrected chi connectivity index (χ2v) is 4.88. The molecule has 2 N–H and O–H groups in total. The van der Waals surface area contributed by atoms with E-state index >= 15 is 0 Å². The largest absolute Gasteiger partial charge is 0.323 e. The van der Waals surface area contributed by atoms with Crippen molar-refractivity contribution < 1.29 is 4.79 Å². The minimum atomic E-state index is -0.0823. The zero-order chi connectivity index (χ0) is 12.3. The molecule has 1 aromatic carbocycles. The van der Waals surface area contributed by atoms with Crippen LogP contribution in [-0.4, -0.2) is 18.5 Å². The summed E-state index contributed by atoms with van der Waals surface area (Å²) < 4.78 is 0. The number of anilines is 1. The van der Waals surface area contributed by atoms with Gasteiger partial charge in [-0.2, -0.15) is 0 Å². The zero-order valence-corrected chi connectivity index (χ0v) is 11.9. The van der Waals surface area contributed by atoms with Gasteiger partial charge in [0.2, 0.25) is 5.91 Å². The molecule has 0 spiro atoms. The third-order valence-electron chi connectivity index (χ3n) is 3.01. The first-order valence-corrected chi connectivity index (χ1v) is 6.35. The van der Waals surface area contributed by atoms with Gasteiger partial charge in [-0.3, -0.25) is 4.79 Å². The maximum atomic E-state index is 12.0. The van der Waals surface area contributed by atoms with Gasteiger partial charge in [-0.15, -0.1) is 12.4 Å². The Bertz CT molecular complexity index is 417. The van der Waals surface area contributed by atoms with Crippen LogP contribution in [0.5, 0.6) is 0 Å². The van der Waals surface area contributed by atoms with Crippen molar-refractivity contribution in [3.05, 3.63) is 28.8 Å². The number of halogens is 2. The van der Waals surface area contributed by atoms with Crippen molar-refractivity contribution in [2.75, 3.05) is 11.9 Å². The van der Waals surface area contributed by atoms with Crippen LogP contribution in [0.1, 0.15) is 24.8 Å². The van der Waals surface area contributed by atoms with Crippen LogP contribution < -0.4 is 10.6 Å². The van der Waals surface area contributed by atoms with E-state index in [1.54, 1.807) is 0 Å². The molecule has 0 unspecified atom stereocenters. The fourth-order valence-corrected chi connectivity index (χ4v) is 2.30. The Labute approximate surface area is 119 Å². The van der Waals surface area contributed by atoms with E-state index in [0.717, 1.165) is 31.4 Å². The first kappa shape index (κ1) is 15.3. The van der Waals surface area contributed by atoms with Gasteiger partial charge in [0.25, 0.3) is 0 Å². The molecule has 0 bridgehead atoms. The van der Waals surface area contributed by atoms with Crippen LogP contribution in [-0.2, 0) is 4.79 Å². The van der Waals surface area contributed by atoms with Gasteiger partial charge >= 0.3 is 0 Å². The molecule has 0 saturated carbocycles. The van der Waals surface area contributed by atoms with Crippen molar-refractivity contribution in [3.63, 3.8) is 0 Å². The normalized spacial score (nSPS) is 18.9. The van der Waals surface area contributed by atoms with E-state index < -0.39 is 0 Å². The Morgan fingerprint density at radius 2 is 2.22 bits per heavy atom. The van der Waals surface area contributed by atoms with E-state index in [1.807, 2.05) is 25.1 Å². The van der Waals surface area contributed by atoms with Gasteiger partial charge in [0.15, 0.2) is 0 Å². The SMILES string of the molecule is Cc1ccc(NC(=O)[C@@H]2CCCCN2)c(Cl)c1.Cl. The summed E-state index contributed by atoms with van der Waals surface area (Å²) in [4.78, 5) is 12.0. The molecule has 1 atom stereocenters. The molecule has 100 valence electrons. The van der Waals surface area contributed by atoms with E-state index in [9.17, 15) is 4.79 Å². The third kappa shape index (κ3) is 3.87. The summed E-state index contributed by atoms with van der Waals surface area (Å²) >= 11 is 6.08. The molecule has 2 rings (SSSR count). The molecule has 1 aromatic rings. The van der Waals surface area contributed by atoms with Crippen LogP contribution >= 0.6 is 24.0 Å². The monoisotopic (exact) mass is 288 g/mol. The van der Waals surface area contributed by atoms with E-state index in [1.165, 1.54) is 0 Å². The fraction of sp³-hybridized carbons (Fsp3) is 0.462. The van der Waals surface area contributed by atoms with Crippen LogP contribution in [0.4, 0.5) is 5.69 Å². The van der Waals surface area contributed by atoms with Crippen LogP contribution in [0.3, 0.4) is 0 Å². The molecule has 0 aromatic heterocycles. The summed E-state index contributed by atoms with van der Waals surface area (Å²) in [5, 5.41) is 6.68. The molecular formula is C13H18Cl2N2O. The predicted molar refractivity (Wildman–Crippen MR) is 77.7 cm³/mol. The lowest BCUT2D eigenvalue weighted by Crippen LogP contribution is -2.43. The molecule has 3 nitrogen and oxygen atoms in total. The quantitative estimate of drug-likeness (QED) is 0.878. The van der Waals surface area contributed by atoms with Crippen molar-refractivity contribution >= 4 is 35.6 Å². The van der Waals surface area contributed by atoms with Gasteiger partial charge in [0, 0.05) is 0 Å². The van der Waals surface area contributed by atoms with Gasteiger partial charge in [-0.05, 0) is 44.0 Å². The average molecular weight is 289 g/mol. The smallest absolute Gasteiger partial charge is 0.241 e. The molecule has 0 radical (unpaired) electrons. The van der Waals surface area contributed by atoms with Crippen molar-refractivity contribution in [2.45, 2.75) is 32.2 Å². The van der Waals surface area contributed by atoms with Crippen molar-refractivity contribution in [3.8, 4) is 0 Å². The van der Waals surface area contributed by atoms with E-state index in [2.05, 4.69) is 10.6 Å². The molecule has 1 heterocycles. The summed E-state index contributed by atoms with van der Waals surface area (Å²) in [7, 11) is 0.